The fraction of sp³-hybridized carbons (Fsp3) is 0.238. The number of aryl methyl sites for hydroxylation is 1. The number of carbonyl (C=O) groups is 1. The van der Waals surface area contributed by atoms with E-state index in [1.807, 2.05) is 24.3 Å². The van der Waals surface area contributed by atoms with Crippen LogP contribution in [0.1, 0.15) is 12.8 Å². The first-order chi connectivity index (χ1) is 14.6. The van der Waals surface area contributed by atoms with Crippen molar-refractivity contribution in [2.45, 2.75) is 19.4 Å². The van der Waals surface area contributed by atoms with Crippen LogP contribution in [0.3, 0.4) is 0 Å². The fourth-order valence-corrected chi connectivity index (χ4v) is 3.29. The molecule has 2 aromatic heterocycles. The Morgan fingerprint density at radius 2 is 1.77 bits per heavy atom. The van der Waals surface area contributed by atoms with Crippen LogP contribution in [0.15, 0.2) is 53.8 Å². The Morgan fingerprint density at radius 1 is 1.03 bits per heavy atom. The number of imidazole rings is 1. The van der Waals surface area contributed by atoms with Crippen molar-refractivity contribution in [3.05, 3.63) is 59.4 Å². The Bertz CT molecular complexity index is 1280. The molecule has 0 atom stereocenters. The third-order valence-electron chi connectivity index (χ3n) is 4.83. The zero-order valence-electron chi connectivity index (χ0n) is 16.7. The maximum atomic E-state index is 12.8. The van der Waals surface area contributed by atoms with Gasteiger partial charge < -0.3 is 9.47 Å². The number of para-hydroxylation sites is 2. The predicted molar refractivity (Wildman–Crippen MR) is 112 cm³/mol. The second kappa shape index (κ2) is 8.24. The van der Waals surface area contributed by atoms with Gasteiger partial charge in [-0.2, -0.15) is 0 Å². The summed E-state index contributed by atoms with van der Waals surface area (Å²) >= 11 is 0. The Labute approximate surface area is 171 Å². The lowest BCUT2D eigenvalue weighted by Crippen LogP contribution is -2.24. The first kappa shape index (κ1) is 19.4. The van der Waals surface area contributed by atoms with Crippen molar-refractivity contribution in [1.82, 2.24) is 19.2 Å². The smallest absolute Gasteiger partial charge is 0.261 e. The minimum atomic E-state index is -0.193. The lowest BCUT2D eigenvalue weighted by molar-refractivity contribution is -0.117. The van der Waals surface area contributed by atoms with E-state index in [9.17, 15) is 9.59 Å². The molecule has 4 aromatic rings. The van der Waals surface area contributed by atoms with E-state index in [0.717, 1.165) is 11.0 Å². The van der Waals surface area contributed by atoms with Crippen molar-refractivity contribution in [1.29, 1.82) is 0 Å². The quantitative estimate of drug-likeness (QED) is 0.505. The average Bonchev–Trinajstić information content (AvgIpc) is 3.17. The molecular formula is C21H21N5O4. The lowest BCUT2D eigenvalue weighted by atomic mass is 10.2. The van der Waals surface area contributed by atoms with Crippen LogP contribution in [0.25, 0.3) is 21.9 Å². The lowest BCUT2D eigenvalue weighted by Gasteiger charge is -2.11. The van der Waals surface area contributed by atoms with Gasteiger partial charge in [0.15, 0.2) is 11.5 Å². The fourth-order valence-electron chi connectivity index (χ4n) is 3.29. The van der Waals surface area contributed by atoms with Crippen molar-refractivity contribution in [3.63, 3.8) is 0 Å². The van der Waals surface area contributed by atoms with Crippen LogP contribution in [-0.2, 0) is 11.3 Å². The number of hydrogen-bond acceptors (Lipinski definition) is 6. The van der Waals surface area contributed by atoms with Crippen LogP contribution in [0, 0.1) is 0 Å². The van der Waals surface area contributed by atoms with Crippen LogP contribution in [-0.4, -0.2) is 39.3 Å². The van der Waals surface area contributed by atoms with Gasteiger partial charge in [-0.15, -0.1) is 0 Å². The molecule has 154 valence electrons. The van der Waals surface area contributed by atoms with Gasteiger partial charge in [-0.1, -0.05) is 12.1 Å². The molecule has 1 amide bonds. The van der Waals surface area contributed by atoms with Gasteiger partial charge in [-0.3, -0.25) is 19.6 Å². The summed E-state index contributed by atoms with van der Waals surface area (Å²) in [6.45, 7) is 0.369. The molecule has 1 N–H and O–H groups in total. The first-order valence-corrected chi connectivity index (χ1v) is 9.44. The summed E-state index contributed by atoms with van der Waals surface area (Å²) in [7, 11) is 3.04. The number of carbonyl (C=O) groups excluding carboxylic acids is 1. The molecule has 0 saturated carbocycles. The predicted octanol–water partition coefficient (Wildman–Crippen LogP) is 2.31. The molecule has 0 aliphatic rings. The third kappa shape index (κ3) is 3.69. The normalized spacial score (nSPS) is 11.0. The molecule has 0 aliphatic heterocycles. The van der Waals surface area contributed by atoms with E-state index in [1.54, 1.807) is 23.1 Å². The molecule has 0 spiro atoms. The number of fused-ring (bicyclic) bond motifs is 2. The number of nitrogens with one attached hydrogen (secondary N) is 1. The summed E-state index contributed by atoms with van der Waals surface area (Å²) < 4.78 is 13.6. The molecule has 4 rings (SSSR count). The van der Waals surface area contributed by atoms with Crippen molar-refractivity contribution in [3.8, 4) is 11.5 Å². The summed E-state index contributed by atoms with van der Waals surface area (Å²) in [6, 6.07) is 10.8. The standard InChI is InChI=1S/C21H21N5O4/c1-29-18-10-14-16(11-19(18)30-2)22-12-25(21(14)28)9-5-8-20(27)24-26-13-23-15-6-3-4-7-17(15)26/h3-4,6-7,10-13H,5,8-9H2,1-2H3,(H,24,27). The maximum Gasteiger partial charge on any atom is 0.261 e. The maximum absolute atomic E-state index is 12.8. The van der Waals surface area contributed by atoms with Crippen molar-refractivity contribution in [2.75, 3.05) is 19.6 Å². The molecular weight excluding hydrogens is 386 g/mol. The third-order valence-corrected chi connectivity index (χ3v) is 4.83. The average molecular weight is 407 g/mol. The molecule has 0 bridgehead atoms. The topological polar surface area (TPSA) is 100 Å². The molecule has 0 saturated heterocycles. The van der Waals surface area contributed by atoms with Crippen molar-refractivity contribution < 1.29 is 14.3 Å². The second-order valence-corrected chi connectivity index (χ2v) is 6.71. The molecule has 2 heterocycles. The highest BCUT2D eigenvalue weighted by atomic mass is 16.5. The molecule has 9 nitrogen and oxygen atoms in total. The van der Waals surface area contributed by atoms with Crippen LogP contribution in [0.2, 0.25) is 0 Å². The van der Waals surface area contributed by atoms with Gasteiger partial charge in [-0.25, -0.2) is 14.6 Å². The highest BCUT2D eigenvalue weighted by Crippen LogP contribution is 2.29. The number of aromatic nitrogens is 4. The van der Waals surface area contributed by atoms with Crippen molar-refractivity contribution >= 4 is 27.8 Å². The summed E-state index contributed by atoms with van der Waals surface area (Å²) in [4.78, 5) is 33.7. The number of nitrogens with zero attached hydrogens (tertiary/aromatic N) is 4. The summed E-state index contributed by atoms with van der Waals surface area (Å²) in [6.07, 6.45) is 3.79. The van der Waals surface area contributed by atoms with Crippen LogP contribution >= 0.6 is 0 Å². The molecule has 0 radical (unpaired) electrons. The van der Waals surface area contributed by atoms with Gasteiger partial charge in [0, 0.05) is 19.0 Å². The summed E-state index contributed by atoms with van der Waals surface area (Å²) in [5.41, 5.74) is 4.77. The summed E-state index contributed by atoms with van der Waals surface area (Å²) in [5.74, 6) is 0.818. The Hall–Kier alpha value is -3.88. The van der Waals surface area contributed by atoms with E-state index in [0.29, 0.717) is 35.4 Å². The number of hydrogen-bond donors (Lipinski definition) is 1. The van der Waals surface area contributed by atoms with E-state index in [2.05, 4.69) is 15.4 Å². The molecule has 2 aromatic carbocycles. The van der Waals surface area contributed by atoms with E-state index >= 15 is 0 Å². The Kier molecular flexibility index (Phi) is 5.34. The van der Waals surface area contributed by atoms with Gasteiger partial charge in [0.1, 0.15) is 6.33 Å². The molecule has 0 aliphatic carbocycles. The molecule has 0 unspecified atom stereocenters. The highest BCUT2D eigenvalue weighted by Gasteiger charge is 2.12. The minimum Gasteiger partial charge on any atom is -0.493 e. The number of methoxy groups -OCH3 is 2. The van der Waals surface area contributed by atoms with Gasteiger partial charge in [0.25, 0.3) is 5.56 Å². The highest BCUT2D eigenvalue weighted by molar-refractivity contribution is 5.86. The SMILES string of the molecule is COc1cc2ncn(CCCC(=O)Nn3cnc4ccccc43)c(=O)c2cc1OC. The van der Waals surface area contributed by atoms with Gasteiger partial charge in [-0.05, 0) is 24.6 Å². The van der Waals surface area contributed by atoms with E-state index in [4.69, 9.17) is 9.47 Å². The Balaban J connectivity index is 1.44. The van der Waals surface area contributed by atoms with Crippen LogP contribution < -0.4 is 20.5 Å². The Morgan fingerprint density at radius 3 is 2.57 bits per heavy atom. The largest absolute Gasteiger partial charge is 0.493 e. The van der Waals surface area contributed by atoms with Crippen LogP contribution in [0.4, 0.5) is 0 Å². The van der Waals surface area contributed by atoms with Gasteiger partial charge in [0.05, 0.1) is 42.5 Å². The van der Waals surface area contributed by atoms with E-state index in [-0.39, 0.29) is 17.9 Å². The molecule has 0 fully saturated rings. The van der Waals surface area contributed by atoms with Crippen molar-refractivity contribution in [2.24, 2.45) is 0 Å². The number of amides is 1. The number of ether oxygens (including phenoxy) is 2. The zero-order valence-corrected chi connectivity index (χ0v) is 16.7. The first-order valence-electron chi connectivity index (χ1n) is 9.44. The van der Waals surface area contributed by atoms with E-state index in [1.165, 1.54) is 25.1 Å². The number of rotatable bonds is 7. The van der Waals surface area contributed by atoms with Gasteiger partial charge in [0.2, 0.25) is 5.91 Å². The molecule has 9 heteroatoms. The van der Waals surface area contributed by atoms with Crippen LogP contribution in [0.5, 0.6) is 11.5 Å². The summed E-state index contributed by atoms with van der Waals surface area (Å²) in [5, 5.41) is 0.435. The van der Waals surface area contributed by atoms with E-state index < -0.39 is 0 Å². The molecule has 30 heavy (non-hydrogen) atoms. The minimum absolute atomic E-state index is 0.161. The second-order valence-electron chi connectivity index (χ2n) is 6.71. The number of benzene rings is 2. The zero-order chi connectivity index (χ0) is 21.1. The van der Waals surface area contributed by atoms with Gasteiger partial charge >= 0.3 is 0 Å². The monoisotopic (exact) mass is 407 g/mol.